The molecule has 0 unspecified atom stereocenters. The van der Waals surface area contributed by atoms with Crippen molar-refractivity contribution in [1.82, 2.24) is 9.97 Å². The van der Waals surface area contributed by atoms with Gasteiger partial charge in [0.2, 0.25) is 0 Å². The van der Waals surface area contributed by atoms with Crippen molar-refractivity contribution in [3.63, 3.8) is 0 Å². The third-order valence-corrected chi connectivity index (χ3v) is 6.35. The highest BCUT2D eigenvalue weighted by Gasteiger charge is 2.21. The highest BCUT2D eigenvalue weighted by atomic mass is 32.1. The van der Waals surface area contributed by atoms with Crippen molar-refractivity contribution >= 4 is 49.8 Å². The summed E-state index contributed by atoms with van der Waals surface area (Å²) in [6.45, 7) is 2.15. The number of nitrogens with zero attached hydrogens (tertiary/aromatic N) is 2. The van der Waals surface area contributed by atoms with Crippen LogP contribution in [0.2, 0.25) is 0 Å². The maximum absolute atomic E-state index is 12.8. The number of anilines is 2. The lowest BCUT2D eigenvalue weighted by Crippen LogP contribution is -2.04. The molecule has 0 aliphatic heterocycles. The molecule has 0 atom stereocenters. The molecule has 0 radical (unpaired) electrons. The normalized spacial score (nSPS) is 11.0. The van der Waals surface area contributed by atoms with E-state index < -0.39 is 0 Å². The molecule has 0 aliphatic rings. The first-order valence-electron chi connectivity index (χ1n) is 9.90. The van der Waals surface area contributed by atoms with Crippen LogP contribution in [-0.4, -0.2) is 15.9 Å². The van der Waals surface area contributed by atoms with Crippen molar-refractivity contribution in [3.8, 4) is 0 Å². The van der Waals surface area contributed by atoms with Crippen LogP contribution in [0.1, 0.15) is 20.8 Å². The van der Waals surface area contributed by atoms with Gasteiger partial charge in [0.05, 0.1) is 5.39 Å². The third kappa shape index (κ3) is 3.73. The van der Waals surface area contributed by atoms with E-state index in [2.05, 4.69) is 33.5 Å². The van der Waals surface area contributed by atoms with Crippen LogP contribution in [-0.2, 0) is 11.3 Å². The van der Waals surface area contributed by atoms with Gasteiger partial charge >= 0.3 is 5.97 Å². The summed E-state index contributed by atoms with van der Waals surface area (Å²) in [6.07, 6.45) is 1.52. The molecular formula is C25H19N3O2S. The molecule has 6 heteroatoms. The van der Waals surface area contributed by atoms with Crippen molar-refractivity contribution in [1.29, 1.82) is 0 Å². The Labute approximate surface area is 183 Å². The number of nitrogens with one attached hydrogen (secondary N) is 1. The molecule has 31 heavy (non-hydrogen) atoms. The average Bonchev–Trinajstić information content (AvgIpc) is 3.16. The predicted molar refractivity (Wildman–Crippen MR) is 125 cm³/mol. The molecule has 0 amide bonds. The minimum absolute atomic E-state index is 0.236. The number of carbonyl (C=O) groups excluding carboxylic acids is 1. The van der Waals surface area contributed by atoms with Gasteiger partial charge in [0.15, 0.2) is 0 Å². The minimum atomic E-state index is -0.347. The monoisotopic (exact) mass is 425 g/mol. The highest BCUT2D eigenvalue weighted by Crippen LogP contribution is 2.36. The fraction of sp³-hybridized carbons (Fsp3) is 0.0800. The second-order valence-corrected chi connectivity index (χ2v) is 8.17. The number of carbonyl (C=O) groups is 1. The first-order chi connectivity index (χ1) is 15.2. The van der Waals surface area contributed by atoms with Crippen molar-refractivity contribution in [3.05, 3.63) is 95.1 Å². The number of hydrogen-bond acceptors (Lipinski definition) is 6. The van der Waals surface area contributed by atoms with Crippen LogP contribution in [0, 0.1) is 6.92 Å². The summed E-state index contributed by atoms with van der Waals surface area (Å²) >= 11 is 1.33. The fourth-order valence-corrected chi connectivity index (χ4v) is 4.65. The van der Waals surface area contributed by atoms with Gasteiger partial charge in [-0.1, -0.05) is 66.7 Å². The molecule has 5 aromatic rings. The summed E-state index contributed by atoms with van der Waals surface area (Å²) in [6, 6.07) is 23.9. The summed E-state index contributed by atoms with van der Waals surface area (Å²) in [7, 11) is 0. The molecule has 2 aromatic heterocycles. The van der Waals surface area contributed by atoms with Crippen LogP contribution in [0.3, 0.4) is 0 Å². The summed E-state index contributed by atoms with van der Waals surface area (Å²) in [5.74, 6) is 0.331. The van der Waals surface area contributed by atoms with Gasteiger partial charge in [-0.25, -0.2) is 14.8 Å². The molecule has 0 saturated heterocycles. The molecule has 3 aromatic carbocycles. The average molecular weight is 426 g/mol. The lowest BCUT2D eigenvalue weighted by molar-refractivity contribution is 0.0478. The molecule has 152 valence electrons. The van der Waals surface area contributed by atoms with Gasteiger partial charge in [-0.2, -0.15) is 0 Å². The molecule has 0 aliphatic carbocycles. The van der Waals surface area contributed by atoms with Crippen molar-refractivity contribution < 1.29 is 9.53 Å². The summed E-state index contributed by atoms with van der Waals surface area (Å²) < 4.78 is 5.54. The van der Waals surface area contributed by atoms with Gasteiger partial charge in [0.25, 0.3) is 0 Å². The number of aromatic nitrogens is 2. The minimum Gasteiger partial charge on any atom is -0.457 e. The number of hydrogen-bond donors (Lipinski definition) is 1. The Morgan fingerprint density at radius 2 is 1.74 bits per heavy atom. The first kappa shape index (κ1) is 19.2. The van der Waals surface area contributed by atoms with Crippen molar-refractivity contribution in [2.24, 2.45) is 0 Å². The molecule has 2 heterocycles. The van der Waals surface area contributed by atoms with Gasteiger partial charge in [0, 0.05) is 11.1 Å². The van der Waals surface area contributed by atoms with E-state index in [4.69, 9.17) is 4.74 Å². The lowest BCUT2D eigenvalue weighted by atomic mass is 10.1. The standard InChI is InChI=1S/C25H19N3O2S/c1-16-21-23(28-20-13-7-11-18-10-5-6-12-19(18)20)26-15-27-24(21)31-22(16)25(29)30-14-17-8-3-2-4-9-17/h2-13,15H,14H2,1H3,(H,26,27,28). The van der Waals surface area contributed by atoms with E-state index in [0.29, 0.717) is 10.7 Å². The molecule has 0 fully saturated rings. The Kier molecular flexibility index (Phi) is 5.06. The quantitative estimate of drug-likeness (QED) is 0.337. The van der Waals surface area contributed by atoms with E-state index in [1.54, 1.807) is 0 Å². The van der Waals surface area contributed by atoms with E-state index in [9.17, 15) is 4.79 Å². The van der Waals surface area contributed by atoms with E-state index in [1.165, 1.54) is 17.7 Å². The Morgan fingerprint density at radius 1 is 0.968 bits per heavy atom. The van der Waals surface area contributed by atoms with Crippen LogP contribution in [0.15, 0.2) is 79.1 Å². The summed E-state index contributed by atoms with van der Waals surface area (Å²) in [4.78, 5) is 22.9. The van der Waals surface area contributed by atoms with Gasteiger partial charge in [-0.3, -0.25) is 0 Å². The lowest BCUT2D eigenvalue weighted by Gasteiger charge is -2.10. The molecule has 0 bridgehead atoms. The number of fused-ring (bicyclic) bond motifs is 2. The highest BCUT2D eigenvalue weighted by molar-refractivity contribution is 7.20. The van der Waals surface area contributed by atoms with E-state index in [1.807, 2.05) is 61.5 Å². The largest absolute Gasteiger partial charge is 0.457 e. The van der Waals surface area contributed by atoms with Crippen molar-refractivity contribution in [2.45, 2.75) is 13.5 Å². The SMILES string of the molecule is Cc1c(C(=O)OCc2ccccc2)sc2ncnc(Nc3cccc4ccccc34)c12. The molecule has 5 nitrogen and oxygen atoms in total. The van der Waals surface area contributed by atoms with Gasteiger partial charge in [-0.15, -0.1) is 11.3 Å². The number of thiophene rings is 1. The van der Waals surface area contributed by atoms with E-state index in [-0.39, 0.29) is 12.6 Å². The van der Waals surface area contributed by atoms with Gasteiger partial charge in [0.1, 0.15) is 28.5 Å². The second kappa shape index (κ2) is 8.16. The predicted octanol–water partition coefficient (Wildman–Crippen LogP) is 6.25. The van der Waals surface area contributed by atoms with Crippen LogP contribution in [0.25, 0.3) is 21.0 Å². The summed E-state index contributed by atoms with van der Waals surface area (Å²) in [5.41, 5.74) is 2.73. The number of esters is 1. The Hall–Kier alpha value is -3.77. The molecule has 0 saturated carbocycles. The molecular weight excluding hydrogens is 406 g/mol. The van der Waals surface area contributed by atoms with Crippen LogP contribution in [0.4, 0.5) is 11.5 Å². The number of benzene rings is 3. The zero-order valence-electron chi connectivity index (χ0n) is 16.8. The molecule has 0 spiro atoms. The summed E-state index contributed by atoms with van der Waals surface area (Å²) in [5, 5.41) is 6.53. The van der Waals surface area contributed by atoms with E-state index in [0.717, 1.165) is 37.8 Å². The Bertz CT molecular complexity index is 1390. The zero-order chi connectivity index (χ0) is 21.2. The topological polar surface area (TPSA) is 64.1 Å². The van der Waals surface area contributed by atoms with Crippen LogP contribution < -0.4 is 5.32 Å². The van der Waals surface area contributed by atoms with E-state index >= 15 is 0 Å². The fourth-order valence-electron chi connectivity index (χ4n) is 3.61. The van der Waals surface area contributed by atoms with Crippen molar-refractivity contribution in [2.75, 3.05) is 5.32 Å². The van der Waals surface area contributed by atoms with Gasteiger partial charge in [-0.05, 0) is 29.5 Å². The number of rotatable bonds is 5. The maximum Gasteiger partial charge on any atom is 0.349 e. The molecule has 1 N–H and O–H groups in total. The number of ether oxygens (including phenoxy) is 1. The van der Waals surface area contributed by atoms with Crippen LogP contribution in [0.5, 0.6) is 0 Å². The first-order valence-corrected chi connectivity index (χ1v) is 10.7. The Morgan fingerprint density at radius 3 is 2.61 bits per heavy atom. The number of aryl methyl sites for hydroxylation is 1. The second-order valence-electron chi connectivity index (χ2n) is 7.17. The van der Waals surface area contributed by atoms with Crippen LogP contribution >= 0.6 is 11.3 Å². The van der Waals surface area contributed by atoms with Gasteiger partial charge < -0.3 is 10.1 Å². The molecule has 5 rings (SSSR count). The zero-order valence-corrected chi connectivity index (χ0v) is 17.6. The smallest absolute Gasteiger partial charge is 0.349 e. The Balaban J connectivity index is 1.48. The maximum atomic E-state index is 12.8. The third-order valence-electron chi connectivity index (χ3n) is 5.17.